The summed E-state index contributed by atoms with van der Waals surface area (Å²) in [5.41, 5.74) is 3.57. The first-order chi connectivity index (χ1) is 17.2. The fraction of sp³-hybridized carbons (Fsp3) is 0.207. The third-order valence-corrected chi connectivity index (χ3v) is 6.39. The minimum atomic E-state index is -0.199. The molecular weight excluding hydrogens is 436 g/mol. The molecule has 1 atom stereocenters. The zero-order valence-electron chi connectivity index (χ0n) is 19.4. The number of aromatic nitrogens is 2. The zero-order chi connectivity index (χ0) is 24.0. The van der Waals surface area contributed by atoms with Crippen LogP contribution < -0.4 is 15.6 Å². The largest absolute Gasteiger partial charge is 0.494 e. The molecule has 2 aromatic heterocycles. The summed E-state index contributed by atoms with van der Waals surface area (Å²) in [5.74, 6) is 1.46. The molecule has 6 nitrogen and oxygen atoms in total. The third-order valence-electron chi connectivity index (χ3n) is 6.39. The number of nitriles is 1. The highest BCUT2D eigenvalue weighted by atomic mass is 16.5. The van der Waals surface area contributed by atoms with Crippen LogP contribution in [0.4, 0.5) is 0 Å². The summed E-state index contributed by atoms with van der Waals surface area (Å²) in [4.78, 5) is 18.1. The number of pyridine rings is 2. The van der Waals surface area contributed by atoms with E-state index in [0.717, 1.165) is 42.2 Å². The van der Waals surface area contributed by atoms with E-state index < -0.39 is 0 Å². The lowest BCUT2D eigenvalue weighted by Crippen LogP contribution is -2.20. The van der Waals surface area contributed by atoms with E-state index in [0.29, 0.717) is 29.2 Å². The van der Waals surface area contributed by atoms with E-state index in [1.54, 1.807) is 35.2 Å². The van der Waals surface area contributed by atoms with Gasteiger partial charge in [-0.2, -0.15) is 5.26 Å². The average Bonchev–Trinajstić information content (AvgIpc) is 3.43. The van der Waals surface area contributed by atoms with E-state index in [9.17, 15) is 10.1 Å². The van der Waals surface area contributed by atoms with Crippen LogP contribution in [-0.2, 0) is 0 Å². The van der Waals surface area contributed by atoms with Gasteiger partial charge in [0.05, 0.1) is 23.9 Å². The molecule has 35 heavy (non-hydrogen) atoms. The topological polar surface area (TPSA) is 79.9 Å². The van der Waals surface area contributed by atoms with Crippen LogP contribution in [0.2, 0.25) is 0 Å². The lowest BCUT2D eigenvalue weighted by molar-refractivity contribution is 0.283. The van der Waals surface area contributed by atoms with Gasteiger partial charge in [-0.1, -0.05) is 24.3 Å². The number of rotatable bonds is 7. The van der Waals surface area contributed by atoms with Crippen LogP contribution in [-0.4, -0.2) is 29.2 Å². The quantitative estimate of drug-likeness (QED) is 0.426. The van der Waals surface area contributed by atoms with Crippen LogP contribution in [0.25, 0.3) is 28.1 Å². The molecule has 1 saturated heterocycles. The van der Waals surface area contributed by atoms with Crippen LogP contribution >= 0.6 is 0 Å². The Hall–Kier alpha value is -4.21. The standard InChI is InChI=1S/C29H26N4O2/c30-18-22-5-1-2-6-26(22)27-17-23(28-7-3-4-14-32-28)20-33(29(27)34)24-8-10-25(11-9-24)35-16-13-21-12-15-31-19-21/h1-11,14,17,20-21,31H,12-13,15-16,19H2. The van der Waals surface area contributed by atoms with Gasteiger partial charge >= 0.3 is 0 Å². The second-order valence-corrected chi connectivity index (χ2v) is 8.68. The van der Waals surface area contributed by atoms with Crippen molar-refractivity contribution in [1.82, 2.24) is 14.9 Å². The Morgan fingerprint density at radius 2 is 1.89 bits per heavy atom. The normalized spacial score (nSPS) is 15.0. The van der Waals surface area contributed by atoms with Crippen molar-refractivity contribution in [3.63, 3.8) is 0 Å². The first kappa shape index (κ1) is 22.6. The van der Waals surface area contributed by atoms with Crippen molar-refractivity contribution in [3.05, 3.63) is 101 Å². The molecule has 5 rings (SSSR count). The molecule has 2 aromatic carbocycles. The predicted molar refractivity (Wildman–Crippen MR) is 137 cm³/mol. The summed E-state index contributed by atoms with van der Waals surface area (Å²) in [5, 5.41) is 13.0. The van der Waals surface area contributed by atoms with Gasteiger partial charge < -0.3 is 10.1 Å². The minimum Gasteiger partial charge on any atom is -0.494 e. The maximum Gasteiger partial charge on any atom is 0.263 e. The highest BCUT2D eigenvalue weighted by Gasteiger charge is 2.16. The number of benzene rings is 2. The van der Waals surface area contributed by atoms with Crippen molar-refractivity contribution in [2.24, 2.45) is 5.92 Å². The molecule has 0 aliphatic carbocycles. The van der Waals surface area contributed by atoms with Crippen molar-refractivity contribution in [2.45, 2.75) is 12.8 Å². The van der Waals surface area contributed by atoms with E-state index in [2.05, 4.69) is 16.4 Å². The lowest BCUT2D eigenvalue weighted by atomic mass is 9.99. The highest BCUT2D eigenvalue weighted by molar-refractivity contribution is 5.74. The number of hydrogen-bond donors (Lipinski definition) is 1. The SMILES string of the molecule is N#Cc1ccccc1-c1cc(-c2ccccn2)cn(-c2ccc(OCCC3CCNC3)cc2)c1=O. The number of hydrogen-bond acceptors (Lipinski definition) is 5. The maximum absolute atomic E-state index is 13.6. The van der Waals surface area contributed by atoms with E-state index in [1.165, 1.54) is 6.42 Å². The van der Waals surface area contributed by atoms with Gasteiger partial charge in [-0.3, -0.25) is 14.3 Å². The average molecular weight is 463 g/mol. The summed E-state index contributed by atoms with van der Waals surface area (Å²) in [6, 6.07) is 24.4. The van der Waals surface area contributed by atoms with Crippen LogP contribution in [0.1, 0.15) is 18.4 Å². The van der Waals surface area contributed by atoms with Crippen molar-refractivity contribution in [2.75, 3.05) is 19.7 Å². The summed E-state index contributed by atoms with van der Waals surface area (Å²) in [7, 11) is 0. The van der Waals surface area contributed by atoms with Gasteiger partial charge in [0.25, 0.3) is 5.56 Å². The molecule has 0 amide bonds. The zero-order valence-corrected chi connectivity index (χ0v) is 19.4. The molecule has 3 heterocycles. The van der Waals surface area contributed by atoms with E-state index in [1.807, 2.05) is 54.6 Å². The molecule has 4 aromatic rings. The number of nitrogens with one attached hydrogen (secondary N) is 1. The highest BCUT2D eigenvalue weighted by Crippen LogP contribution is 2.26. The first-order valence-electron chi connectivity index (χ1n) is 11.8. The Balaban J connectivity index is 1.50. The van der Waals surface area contributed by atoms with Crippen molar-refractivity contribution in [1.29, 1.82) is 5.26 Å². The molecule has 1 aliphatic rings. The van der Waals surface area contributed by atoms with Gasteiger partial charge in [0.2, 0.25) is 0 Å². The van der Waals surface area contributed by atoms with Gasteiger partial charge in [0, 0.05) is 34.8 Å². The molecular formula is C29H26N4O2. The summed E-state index contributed by atoms with van der Waals surface area (Å²) in [6.45, 7) is 2.83. The van der Waals surface area contributed by atoms with Crippen molar-refractivity contribution < 1.29 is 4.74 Å². The molecule has 1 fully saturated rings. The van der Waals surface area contributed by atoms with Crippen molar-refractivity contribution >= 4 is 0 Å². The Morgan fingerprint density at radius 1 is 1.06 bits per heavy atom. The first-order valence-corrected chi connectivity index (χ1v) is 11.8. The smallest absolute Gasteiger partial charge is 0.263 e. The summed E-state index contributed by atoms with van der Waals surface area (Å²) < 4.78 is 7.56. The van der Waals surface area contributed by atoms with E-state index >= 15 is 0 Å². The number of ether oxygens (including phenoxy) is 1. The monoisotopic (exact) mass is 462 g/mol. The molecule has 174 valence electrons. The fourth-order valence-corrected chi connectivity index (χ4v) is 4.46. The molecule has 6 heteroatoms. The van der Waals surface area contributed by atoms with Gasteiger partial charge in [0.15, 0.2) is 0 Å². The van der Waals surface area contributed by atoms with Gasteiger partial charge in [-0.05, 0) is 80.4 Å². The van der Waals surface area contributed by atoms with Gasteiger partial charge in [-0.15, -0.1) is 0 Å². The Bertz CT molecular complexity index is 1400. The van der Waals surface area contributed by atoms with E-state index in [-0.39, 0.29) is 5.56 Å². The minimum absolute atomic E-state index is 0.199. The van der Waals surface area contributed by atoms with Gasteiger partial charge in [0.1, 0.15) is 5.75 Å². The maximum atomic E-state index is 13.6. The fourth-order valence-electron chi connectivity index (χ4n) is 4.46. The third kappa shape index (κ3) is 5.01. The second-order valence-electron chi connectivity index (χ2n) is 8.68. The van der Waals surface area contributed by atoms with E-state index in [4.69, 9.17) is 4.74 Å². The van der Waals surface area contributed by atoms with Crippen molar-refractivity contribution in [3.8, 4) is 39.9 Å². The van der Waals surface area contributed by atoms with Crippen LogP contribution in [0, 0.1) is 17.2 Å². The van der Waals surface area contributed by atoms with Crippen LogP contribution in [0.3, 0.4) is 0 Å². The molecule has 1 unspecified atom stereocenters. The molecule has 0 bridgehead atoms. The second kappa shape index (κ2) is 10.4. The molecule has 0 radical (unpaired) electrons. The number of nitrogens with zero attached hydrogens (tertiary/aromatic N) is 3. The van der Waals surface area contributed by atoms with Crippen LogP contribution in [0.5, 0.6) is 5.75 Å². The Morgan fingerprint density at radius 3 is 2.63 bits per heavy atom. The Kier molecular flexibility index (Phi) is 6.69. The Labute approximate surface area is 204 Å². The molecule has 0 saturated carbocycles. The van der Waals surface area contributed by atoms with Crippen LogP contribution in [0.15, 0.2) is 90.0 Å². The summed E-state index contributed by atoms with van der Waals surface area (Å²) >= 11 is 0. The van der Waals surface area contributed by atoms with Gasteiger partial charge in [-0.25, -0.2) is 0 Å². The predicted octanol–water partition coefficient (Wildman–Crippen LogP) is 4.82. The summed E-state index contributed by atoms with van der Waals surface area (Å²) in [6.07, 6.45) is 5.75. The lowest BCUT2D eigenvalue weighted by Gasteiger charge is -2.14. The molecule has 1 N–H and O–H groups in total. The molecule has 1 aliphatic heterocycles. The molecule has 0 spiro atoms.